The first-order valence-electron chi connectivity index (χ1n) is 9.04. The molecule has 3 amide bonds. The van der Waals surface area contributed by atoms with E-state index < -0.39 is 11.9 Å². The summed E-state index contributed by atoms with van der Waals surface area (Å²) in [6.45, 7) is 2.17. The second-order valence-corrected chi connectivity index (χ2v) is 6.76. The number of amides is 3. The van der Waals surface area contributed by atoms with Crippen LogP contribution in [-0.2, 0) is 11.3 Å². The number of hydrogen-bond donors (Lipinski definition) is 1. The van der Waals surface area contributed by atoms with E-state index in [9.17, 15) is 9.59 Å². The molecule has 1 fully saturated rings. The number of nitrogens with one attached hydrogen (secondary N) is 1. The molecule has 0 radical (unpaired) electrons. The minimum absolute atomic E-state index is 0.170. The van der Waals surface area contributed by atoms with Gasteiger partial charge in [0.25, 0.3) is 5.91 Å². The number of imide groups is 1. The number of hydrogen-bond acceptors (Lipinski definition) is 4. The average molecular weight is 383 g/mol. The van der Waals surface area contributed by atoms with Crippen LogP contribution >= 0.6 is 0 Å². The van der Waals surface area contributed by atoms with Gasteiger partial charge in [0.2, 0.25) is 0 Å². The highest BCUT2D eigenvalue weighted by Gasteiger charge is 2.33. The molecular weight excluding hydrogens is 366 g/mol. The van der Waals surface area contributed by atoms with E-state index in [4.69, 9.17) is 9.68 Å². The van der Waals surface area contributed by atoms with Crippen LogP contribution in [0.15, 0.2) is 70.8 Å². The zero-order valence-electron chi connectivity index (χ0n) is 15.7. The Bertz CT molecular complexity index is 1170. The Morgan fingerprint density at radius 2 is 1.90 bits per heavy atom. The smallest absolute Gasteiger partial charge is 0.329 e. The Balaban J connectivity index is 1.53. The van der Waals surface area contributed by atoms with Gasteiger partial charge in [-0.05, 0) is 48.9 Å². The van der Waals surface area contributed by atoms with Crippen molar-refractivity contribution in [3.8, 4) is 17.4 Å². The summed E-state index contributed by atoms with van der Waals surface area (Å²) in [5, 5.41) is 11.5. The van der Waals surface area contributed by atoms with Gasteiger partial charge in [-0.25, -0.2) is 4.79 Å². The van der Waals surface area contributed by atoms with E-state index in [1.54, 1.807) is 36.4 Å². The zero-order valence-corrected chi connectivity index (χ0v) is 15.7. The van der Waals surface area contributed by atoms with Crippen LogP contribution in [0.2, 0.25) is 0 Å². The monoisotopic (exact) mass is 383 g/mol. The molecular formula is C23H17N3O3. The summed E-state index contributed by atoms with van der Waals surface area (Å²) in [6, 6.07) is 19.8. The van der Waals surface area contributed by atoms with Crippen LogP contribution < -0.4 is 5.32 Å². The Morgan fingerprint density at radius 1 is 1.10 bits per heavy atom. The summed E-state index contributed by atoms with van der Waals surface area (Å²) in [7, 11) is 0. The van der Waals surface area contributed by atoms with Crippen LogP contribution in [0, 0.1) is 18.3 Å². The Labute approximate surface area is 167 Å². The van der Waals surface area contributed by atoms with Crippen molar-refractivity contribution in [2.24, 2.45) is 0 Å². The summed E-state index contributed by atoms with van der Waals surface area (Å²) in [6.07, 6.45) is 1.52. The number of nitrogens with zero attached hydrogens (tertiary/aromatic N) is 2. The summed E-state index contributed by atoms with van der Waals surface area (Å²) in [5.74, 6) is 0.660. The number of aryl methyl sites for hydroxylation is 1. The van der Waals surface area contributed by atoms with Gasteiger partial charge in [-0.2, -0.15) is 5.26 Å². The third kappa shape index (κ3) is 3.80. The number of furan rings is 1. The van der Waals surface area contributed by atoms with Gasteiger partial charge < -0.3 is 9.73 Å². The van der Waals surface area contributed by atoms with Crippen molar-refractivity contribution in [2.45, 2.75) is 13.5 Å². The maximum atomic E-state index is 12.7. The summed E-state index contributed by atoms with van der Waals surface area (Å²) in [5.41, 5.74) is 3.50. The van der Waals surface area contributed by atoms with E-state index in [0.29, 0.717) is 17.1 Å². The lowest BCUT2D eigenvalue weighted by Gasteiger charge is -2.12. The number of nitriles is 1. The highest BCUT2D eigenvalue weighted by Crippen LogP contribution is 2.25. The Morgan fingerprint density at radius 3 is 2.62 bits per heavy atom. The van der Waals surface area contributed by atoms with Crippen LogP contribution in [0.5, 0.6) is 0 Å². The lowest BCUT2D eigenvalue weighted by atomic mass is 10.1. The molecule has 0 saturated carbocycles. The predicted molar refractivity (Wildman–Crippen MR) is 107 cm³/mol. The topological polar surface area (TPSA) is 86.3 Å². The fourth-order valence-corrected chi connectivity index (χ4v) is 3.15. The highest BCUT2D eigenvalue weighted by molar-refractivity contribution is 6.13. The van der Waals surface area contributed by atoms with E-state index in [1.807, 2.05) is 31.2 Å². The van der Waals surface area contributed by atoms with Crippen molar-refractivity contribution >= 4 is 18.0 Å². The minimum Gasteiger partial charge on any atom is -0.457 e. The van der Waals surface area contributed by atoms with E-state index in [0.717, 1.165) is 16.7 Å². The van der Waals surface area contributed by atoms with Crippen molar-refractivity contribution in [3.05, 3.63) is 88.8 Å². The van der Waals surface area contributed by atoms with Crippen LogP contribution in [0.25, 0.3) is 17.4 Å². The molecule has 2 aromatic carbocycles. The largest absolute Gasteiger partial charge is 0.457 e. The van der Waals surface area contributed by atoms with Gasteiger partial charge in [0.05, 0.1) is 18.2 Å². The number of urea groups is 1. The summed E-state index contributed by atoms with van der Waals surface area (Å²) >= 11 is 0. The first-order valence-corrected chi connectivity index (χ1v) is 9.04. The van der Waals surface area contributed by atoms with Crippen LogP contribution in [0.3, 0.4) is 0 Å². The molecule has 0 spiro atoms. The van der Waals surface area contributed by atoms with Crippen molar-refractivity contribution in [1.82, 2.24) is 10.2 Å². The van der Waals surface area contributed by atoms with Gasteiger partial charge in [-0.15, -0.1) is 0 Å². The van der Waals surface area contributed by atoms with Crippen molar-refractivity contribution in [2.75, 3.05) is 0 Å². The van der Waals surface area contributed by atoms with Crippen molar-refractivity contribution in [3.63, 3.8) is 0 Å². The third-order valence-electron chi connectivity index (χ3n) is 4.60. The number of carbonyl (C=O) groups excluding carboxylic acids is 2. The van der Waals surface area contributed by atoms with Crippen LogP contribution in [0.4, 0.5) is 4.79 Å². The summed E-state index contributed by atoms with van der Waals surface area (Å²) in [4.78, 5) is 26.1. The molecule has 2 heterocycles. The van der Waals surface area contributed by atoms with Gasteiger partial charge in [0.15, 0.2) is 0 Å². The maximum Gasteiger partial charge on any atom is 0.329 e. The molecule has 0 atom stereocenters. The molecule has 0 bridgehead atoms. The SMILES string of the molecule is Cc1cccc(CN2C(=O)N/C(=C/c3ccc(-c4ccc(C#N)cc4)o3)C2=O)c1. The van der Waals surface area contributed by atoms with E-state index in [-0.39, 0.29) is 12.2 Å². The average Bonchev–Trinajstić information content (AvgIpc) is 3.29. The molecule has 1 aliphatic heterocycles. The molecule has 0 unspecified atom stereocenters. The molecule has 1 aliphatic rings. The van der Waals surface area contributed by atoms with Gasteiger partial charge in [0.1, 0.15) is 17.2 Å². The van der Waals surface area contributed by atoms with Crippen molar-refractivity contribution < 1.29 is 14.0 Å². The van der Waals surface area contributed by atoms with E-state index in [1.165, 1.54) is 11.0 Å². The second kappa shape index (κ2) is 7.49. The lowest BCUT2D eigenvalue weighted by Crippen LogP contribution is -2.30. The normalized spacial score (nSPS) is 14.9. The Hall–Kier alpha value is -4.11. The highest BCUT2D eigenvalue weighted by atomic mass is 16.3. The predicted octanol–water partition coefficient (Wildman–Crippen LogP) is 4.22. The maximum absolute atomic E-state index is 12.7. The quantitative estimate of drug-likeness (QED) is 0.540. The standard InChI is InChI=1S/C23H17N3O3/c1-15-3-2-4-17(11-15)14-26-22(27)20(25-23(26)28)12-19-9-10-21(29-19)18-7-5-16(13-24)6-8-18/h2-12H,14H2,1H3,(H,25,28)/b20-12+. The third-order valence-corrected chi connectivity index (χ3v) is 4.60. The molecule has 3 aromatic rings. The first kappa shape index (κ1) is 18.3. The van der Waals surface area contributed by atoms with Crippen LogP contribution in [0.1, 0.15) is 22.5 Å². The number of carbonyl (C=O) groups is 2. The molecule has 0 aliphatic carbocycles. The molecule has 6 heteroatoms. The van der Waals surface area contributed by atoms with E-state index >= 15 is 0 Å². The molecule has 29 heavy (non-hydrogen) atoms. The molecule has 1 N–H and O–H groups in total. The molecule has 6 nitrogen and oxygen atoms in total. The van der Waals surface area contributed by atoms with Gasteiger partial charge >= 0.3 is 6.03 Å². The zero-order chi connectivity index (χ0) is 20.4. The van der Waals surface area contributed by atoms with Gasteiger partial charge in [0, 0.05) is 11.6 Å². The van der Waals surface area contributed by atoms with Crippen molar-refractivity contribution in [1.29, 1.82) is 5.26 Å². The Kier molecular flexibility index (Phi) is 4.71. The first-order chi connectivity index (χ1) is 14.0. The minimum atomic E-state index is -0.457. The molecule has 142 valence electrons. The van der Waals surface area contributed by atoms with Crippen LogP contribution in [-0.4, -0.2) is 16.8 Å². The number of benzene rings is 2. The van der Waals surface area contributed by atoms with E-state index in [2.05, 4.69) is 11.4 Å². The molecule has 4 rings (SSSR count). The molecule has 1 saturated heterocycles. The lowest BCUT2D eigenvalue weighted by molar-refractivity contribution is -0.123. The van der Waals surface area contributed by atoms with Gasteiger partial charge in [-0.1, -0.05) is 29.8 Å². The fourth-order valence-electron chi connectivity index (χ4n) is 3.15. The number of rotatable bonds is 4. The fraction of sp³-hybridized carbons (Fsp3) is 0.0870. The summed E-state index contributed by atoms with van der Waals surface area (Å²) < 4.78 is 5.78. The molecule has 1 aromatic heterocycles. The second-order valence-electron chi connectivity index (χ2n) is 6.76. The van der Waals surface area contributed by atoms with Gasteiger partial charge in [-0.3, -0.25) is 9.69 Å².